The highest BCUT2D eigenvalue weighted by atomic mass is 16.5. The number of nitrogens with zero attached hydrogens (tertiary/aromatic N) is 2. The summed E-state index contributed by atoms with van der Waals surface area (Å²) in [6.45, 7) is 5.96. The van der Waals surface area contributed by atoms with Crippen molar-refractivity contribution in [1.29, 1.82) is 5.26 Å². The van der Waals surface area contributed by atoms with Crippen molar-refractivity contribution in [3.05, 3.63) is 89.3 Å². The van der Waals surface area contributed by atoms with Crippen molar-refractivity contribution in [1.82, 2.24) is 5.16 Å². The van der Waals surface area contributed by atoms with Gasteiger partial charge in [0.15, 0.2) is 11.5 Å². The van der Waals surface area contributed by atoms with Gasteiger partial charge in [-0.2, -0.15) is 5.26 Å². The second kappa shape index (κ2) is 8.22. The lowest BCUT2D eigenvalue weighted by molar-refractivity contribution is 0.0967. The molecule has 0 aliphatic heterocycles. The second-order valence-electron chi connectivity index (χ2n) is 7.98. The Hall–Kier alpha value is -3.19. The highest BCUT2D eigenvalue weighted by Gasteiger charge is 2.31. The molecule has 0 fully saturated rings. The molecule has 0 aliphatic carbocycles. The topological polar surface area (TPSA) is 66.9 Å². The van der Waals surface area contributed by atoms with Crippen LogP contribution in [0.25, 0.3) is 0 Å². The summed E-state index contributed by atoms with van der Waals surface area (Å²) in [5.74, 6) is -0.164. The van der Waals surface area contributed by atoms with Crippen molar-refractivity contribution in [2.75, 3.05) is 0 Å². The number of hydrogen-bond donors (Lipinski definition) is 0. The fourth-order valence-corrected chi connectivity index (χ4v) is 3.47. The van der Waals surface area contributed by atoms with E-state index in [1.807, 2.05) is 81.4 Å². The summed E-state index contributed by atoms with van der Waals surface area (Å²) in [5, 5.41) is 13.8. The van der Waals surface area contributed by atoms with Crippen LogP contribution in [-0.4, -0.2) is 10.9 Å². The Morgan fingerprint density at radius 2 is 1.61 bits per heavy atom. The molecule has 3 rings (SSSR count). The third kappa shape index (κ3) is 4.20. The molecule has 28 heavy (non-hydrogen) atoms. The Bertz CT molecular complexity index is 963. The zero-order valence-corrected chi connectivity index (χ0v) is 16.4. The molecule has 3 aromatic rings. The predicted molar refractivity (Wildman–Crippen MR) is 108 cm³/mol. The van der Waals surface area contributed by atoms with Crippen molar-refractivity contribution in [3.8, 4) is 6.07 Å². The molecule has 4 nitrogen and oxygen atoms in total. The molecule has 1 heterocycles. The summed E-state index contributed by atoms with van der Waals surface area (Å²) in [6.07, 6.45) is 1.70. The van der Waals surface area contributed by atoms with Crippen LogP contribution < -0.4 is 0 Å². The van der Waals surface area contributed by atoms with Crippen LogP contribution in [0.2, 0.25) is 0 Å². The first-order chi connectivity index (χ1) is 13.4. The molecule has 0 unspecified atom stereocenters. The van der Waals surface area contributed by atoms with Gasteiger partial charge in [0.1, 0.15) is 0 Å². The molecule has 0 saturated heterocycles. The first-order valence-corrected chi connectivity index (χ1v) is 9.39. The Morgan fingerprint density at radius 3 is 2.14 bits per heavy atom. The van der Waals surface area contributed by atoms with Crippen molar-refractivity contribution in [2.45, 2.75) is 44.4 Å². The number of nitriles is 1. The van der Waals surface area contributed by atoms with Crippen LogP contribution in [0.5, 0.6) is 0 Å². The number of carbonyl (C=O) groups excluding carboxylic acids is 1. The van der Waals surface area contributed by atoms with Crippen LogP contribution in [0.4, 0.5) is 0 Å². The minimum absolute atomic E-state index is 0.0591. The molecule has 2 atom stereocenters. The highest BCUT2D eigenvalue weighted by molar-refractivity contribution is 5.97. The van der Waals surface area contributed by atoms with Crippen molar-refractivity contribution in [2.24, 2.45) is 0 Å². The number of aromatic nitrogens is 1. The molecule has 0 saturated carbocycles. The molecule has 0 aliphatic rings. The largest absolute Gasteiger partial charge is 0.360 e. The summed E-state index contributed by atoms with van der Waals surface area (Å²) in [6, 6.07) is 21.8. The van der Waals surface area contributed by atoms with Crippen molar-refractivity contribution in [3.63, 3.8) is 0 Å². The van der Waals surface area contributed by atoms with Gasteiger partial charge in [-0.15, -0.1) is 0 Å². The fourth-order valence-electron chi connectivity index (χ4n) is 3.47. The van der Waals surface area contributed by atoms with Gasteiger partial charge in [0.05, 0.1) is 23.7 Å². The molecule has 0 amide bonds. The zero-order chi connectivity index (χ0) is 20.1. The summed E-state index contributed by atoms with van der Waals surface area (Å²) >= 11 is 0. The van der Waals surface area contributed by atoms with Crippen LogP contribution >= 0.6 is 0 Å². The minimum Gasteiger partial charge on any atom is -0.360 e. The monoisotopic (exact) mass is 372 g/mol. The number of ketones is 1. The molecular weight excluding hydrogens is 348 g/mol. The Kier molecular flexibility index (Phi) is 5.75. The van der Waals surface area contributed by atoms with E-state index < -0.39 is 5.92 Å². The molecule has 1 aromatic heterocycles. The quantitative estimate of drug-likeness (QED) is 0.525. The molecule has 4 heteroatoms. The SMILES string of the molecule is CC(C)(C)c1oncc1C(=O)C[C@H](c1ccccc1)[C@H](C#N)c1ccccc1. The summed E-state index contributed by atoms with van der Waals surface area (Å²) in [5.41, 5.74) is 2.06. The van der Waals surface area contributed by atoms with E-state index in [9.17, 15) is 10.1 Å². The first-order valence-electron chi connectivity index (χ1n) is 9.39. The van der Waals surface area contributed by atoms with Crippen molar-refractivity contribution >= 4 is 5.78 Å². The van der Waals surface area contributed by atoms with E-state index in [2.05, 4.69) is 11.2 Å². The maximum absolute atomic E-state index is 13.2. The lowest BCUT2D eigenvalue weighted by atomic mass is 9.78. The lowest BCUT2D eigenvalue weighted by Crippen LogP contribution is -2.18. The lowest BCUT2D eigenvalue weighted by Gasteiger charge is -2.23. The van der Waals surface area contributed by atoms with Gasteiger partial charge in [0.2, 0.25) is 0 Å². The van der Waals surface area contributed by atoms with E-state index in [4.69, 9.17) is 4.52 Å². The van der Waals surface area contributed by atoms with Crippen LogP contribution in [0.15, 0.2) is 71.4 Å². The van der Waals surface area contributed by atoms with Crippen molar-refractivity contribution < 1.29 is 9.32 Å². The Morgan fingerprint density at radius 1 is 1.04 bits per heavy atom. The maximum Gasteiger partial charge on any atom is 0.168 e. The summed E-state index contributed by atoms with van der Waals surface area (Å²) in [7, 11) is 0. The van der Waals surface area contributed by atoms with Crippen LogP contribution in [-0.2, 0) is 5.41 Å². The first kappa shape index (κ1) is 19.6. The molecule has 142 valence electrons. The highest BCUT2D eigenvalue weighted by Crippen LogP contribution is 2.37. The second-order valence-corrected chi connectivity index (χ2v) is 7.98. The van der Waals surface area contributed by atoms with Crippen LogP contribution in [0.3, 0.4) is 0 Å². The average molecular weight is 372 g/mol. The fraction of sp³-hybridized carbons (Fsp3) is 0.292. The van der Waals surface area contributed by atoms with E-state index in [1.54, 1.807) is 0 Å². The molecule has 0 N–H and O–H groups in total. The Balaban J connectivity index is 1.98. The van der Waals surface area contributed by atoms with Crippen LogP contribution in [0.1, 0.15) is 66.3 Å². The van der Waals surface area contributed by atoms with Gasteiger partial charge in [-0.1, -0.05) is 86.6 Å². The third-order valence-electron chi connectivity index (χ3n) is 4.89. The molecule has 0 bridgehead atoms. The van der Waals surface area contributed by atoms with Gasteiger partial charge in [-0.25, -0.2) is 0 Å². The van der Waals surface area contributed by atoms with E-state index in [1.165, 1.54) is 6.20 Å². The number of rotatable bonds is 6. The zero-order valence-electron chi connectivity index (χ0n) is 16.4. The molecule has 0 radical (unpaired) electrons. The summed E-state index contributed by atoms with van der Waals surface area (Å²) < 4.78 is 5.37. The smallest absolute Gasteiger partial charge is 0.168 e. The standard InChI is InChI=1S/C24H24N2O2/c1-24(2,3)23-21(16-26-28-23)22(27)14-19(17-10-6-4-7-11-17)20(15-25)18-12-8-5-9-13-18/h4-13,16,19-20H,14H2,1-3H3/t19-,20-/m1/s1. The van der Waals surface area contributed by atoms with Gasteiger partial charge >= 0.3 is 0 Å². The normalized spacial score (nSPS) is 13.5. The third-order valence-corrected chi connectivity index (χ3v) is 4.89. The maximum atomic E-state index is 13.2. The molecule has 2 aromatic carbocycles. The van der Waals surface area contributed by atoms with Gasteiger partial charge in [0.25, 0.3) is 0 Å². The van der Waals surface area contributed by atoms with Crippen LogP contribution in [0, 0.1) is 11.3 Å². The van der Waals surface area contributed by atoms with Gasteiger partial charge in [0, 0.05) is 17.8 Å². The average Bonchev–Trinajstić information content (AvgIpc) is 3.20. The van der Waals surface area contributed by atoms with Gasteiger partial charge < -0.3 is 4.52 Å². The van der Waals surface area contributed by atoms with E-state index in [0.29, 0.717) is 11.3 Å². The number of Topliss-reactive ketones (excluding diaryl/α,β-unsaturated/α-hetero) is 1. The molecular formula is C24H24N2O2. The minimum atomic E-state index is -0.425. The summed E-state index contributed by atoms with van der Waals surface area (Å²) in [4.78, 5) is 13.2. The van der Waals surface area contributed by atoms with Gasteiger partial charge in [-0.3, -0.25) is 4.79 Å². The molecule has 0 spiro atoms. The van der Waals surface area contributed by atoms with E-state index >= 15 is 0 Å². The predicted octanol–water partition coefficient (Wildman–Crippen LogP) is 5.64. The number of carbonyl (C=O) groups is 1. The van der Waals surface area contributed by atoms with E-state index in [-0.39, 0.29) is 23.5 Å². The number of hydrogen-bond acceptors (Lipinski definition) is 4. The number of benzene rings is 2. The Labute approximate surface area is 165 Å². The van der Waals surface area contributed by atoms with E-state index in [0.717, 1.165) is 11.1 Å². The van der Waals surface area contributed by atoms with Gasteiger partial charge in [-0.05, 0) is 11.1 Å².